The van der Waals surface area contributed by atoms with Gasteiger partial charge in [-0.2, -0.15) is 0 Å². The van der Waals surface area contributed by atoms with Crippen molar-refractivity contribution in [3.63, 3.8) is 0 Å². The van der Waals surface area contributed by atoms with E-state index in [1.807, 2.05) is 12.1 Å². The van der Waals surface area contributed by atoms with E-state index in [1.165, 1.54) is 18.0 Å². The number of anilines is 1. The van der Waals surface area contributed by atoms with E-state index in [-0.39, 0.29) is 5.82 Å². The number of fused-ring (bicyclic) bond motifs is 1. The maximum atomic E-state index is 12.8. The van der Waals surface area contributed by atoms with Crippen molar-refractivity contribution in [1.29, 1.82) is 0 Å². The SMILES string of the molecule is Fc1ccc(N2CCN3CCC=C32)cc1. The van der Waals surface area contributed by atoms with Gasteiger partial charge in [-0.1, -0.05) is 0 Å². The molecule has 3 rings (SSSR count). The average molecular weight is 204 g/mol. The molecule has 0 spiro atoms. The van der Waals surface area contributed by atoms with E-state index in [0.29, 0.717) is 0 Å². The van der Waals surface area contributed by atoms with Gasteiger partial charge in [0.05, 0.1) is 0 Å². The van der Waals surface area contributed by atoms with Crippen LogP contribution in [0.1, 0.15) is 6.42 Å². The van der Waals surface area contributed by atoms with Crippen molar-refractivity contribution in [3.05, 3.63) is 42.0 Å². The van der Waals surface area contributed by atoms with Crippen LogP contribution in [0.4, 0.5) is 10.1 Å². The summed E-state index contributed by atoms with van der Waals surface area (Å²) in [5.74, 6) is 1.12. The fourth-order valence-corrected chi connectivity index (χ4v) is 2.32. The summed E-state index contributed by atoms with van der Waals surface area (Å²) < 4.78 is 12.8. The number of hydrogen-bond acceptors (Lipinski definition) is 2. The normalized spacial score (nSPS) is 19.4. The van der Waals surface area contributed by atoms with E-state index in [1.54, 1.807) is 0 Å². The number of hydrogen-bond donors (Lipinski definition) is 0. The van der Waals surface area contributed by atoms with Gasteiger partial charge >= 0.3 is 0 Å². The predicted molar refractivity (Wildman–Crippen MR) is 58.0 cm³/mol. The second-order valence-corrected chi connectivity index (χ2v) is 3.97. The zero-order valence-corrected chi connectivity index (χ0v) is 8.49. The largest absolute Gasteiger partial charge is 0.356 e. The van der Waals surface area contributed by atoms with Crippen molar-refractivity contribution in [2.45, 2.75) is 6.42 Å². The van der Waals surface area contributed by atoms with Gasteiger partial charge in [0, 0.05) is 25.3 Å². The molecule has 1 aromatic rings. The molecule has 0 saturated carbocycles. The summed E-state index contributed by atoms with van der Waals surface area (Å²) in [6, 6.07) is 6.73. The molecule has 0 radical (unpaired) electrons. The van der Waals surface area contributed by atoms with E-state index < -0.39 is 0 Å². The Morgan fingerprint density at radius 1 is 1.00 bits per heavy atom. The highest BCUT2D eigenvalue weighted by Crippen LogP contribution is 2.29. The lowest BCUT2D eigenvalue weighted by Gasteiger charge is -2.20. The molecule has 0 unspecified atom stereocenters. The van der Waals surface area contributed by atoms with Crippen LogP contribution in [0.2, 0.25) is 0 Å². The van der Waals surface area contributed by atoms with Crippen molar-refractivity contribution < 1.29 is 4.39 Å². The number of nitrogens with zero attached hydrogens (tertiary/aromatic N) is 2. The number of benzene rings is 1. The van der Waals surface area contributed by atoms with Gasteiger partial charge in [-0.3, -0.25) is 0 Å². The van der Waals surface area contributed by atoms with Crippen molar-refractivity contribution in [3.8, 4) is 0 Å². The minimum Gasteiger partial charge on any atom is -0.356 e. The third-order valence-electron chi connectivity index (χ3n) is 3.06. The molecular weight excluding hydrogens is 191 g/mol. The molecule has 15 heavy (non-hydrogen) atoms. The van der Waals surface area contributed by atoms with E-state index in [4.69, 9.17) is 0 Å². The Morgan fingerprint density at radius 2 is 1.80 bits per heavy atom. The van der Waals surface area contributed by atoms with E-state index in [2.05, 4.69) is 15.9 Å². The Labute approximate surface area is 88.6 Å². The van der Waals surface area contributed by atoms with E-state index >= 15 is 0 Å². The molecule has 1 aromatic carbocycles. The van der Waals surface area contributed by atoms with E-state index in [9.17, 15) is 4.39 Å². The molecule has 0 atom stereocenters. The topological polar surface area (TPSA) is 6.48 Å². The first-order valence-corrected chi connectivity index (χ1v) is 5.33. The maximum Gasteiger partial charge on any atom is 0.123 e. The van der Waals surface area contributed by atoms with Crippen molar-refractivity contribution in [1.82, 2.24) is 4.90 Å². The second-order valence-electron chi connectivity index (χ2n) is 3.97. The summed E-state index contributed by atoms with van der Waals surface area (Å²) in [4.78, 5) is 4.63. The lowest BCUT2D eigenvalue weighted by Crippen LogP contribution is -2.19. The molecule has 1 saturated heterocycles. The highest BCUT2D eigenvalue weighted by Gasteiger charge is 2.28. The fraction of sp³-hybridized carbons (Fsp3) is 0.333. The zero-order chi connectivity index (χ0) is 10.3. The highest BCUT2D eigenvalue weighted by atomic mass is 19.1. The molecule has 1 fully saturated rings. The Morgan fingerprint density at radius 3 is 2.60 bits per heavy atom. The summed E-state index contributed by atoms with van der Waals surface area (Å²) in [6.07, 6.45) is 3.39. The average Bonchev–Trinajstić information content (AvgIpc) is 2.80. The van der Waals surface area contributed by atoms with E-state index in [0.717, 1.165) is 31.7 Å². The first kappa shape index (κ1) is 8.77. The number of rotatable bonds is 1. The molecule has 2 aliphatic heterocycles. The molecule has 78 valence electrons. The van der Waals surface area contributed by atoms with Crippen molar-refractivity contribution >= 4 is 5.69 Å². The maximum absolute atomic E-state index is 12.8. The van der Waals surface area contributed by atoms with Gasteiger partial charge in [0.2, 0.25) is 0 Å². The van der Waals surface area contributed by atoms with Crippen LogP contribution in [0.15, 0.2) is 36.2 Å². The number of halogens is 1. The van der Waals surface area contributed by atoms with Crippen molar-refractivity contribution in [2.75, 3.05) is 24.5 Å². The minimum absolute atomic E-state index is 0.171. The summed E-state index contributed by atoms with van der Waals surface area (Å²) in [5.41, 5.74) is 1.09. The first-order valence-electron chi connectivity index (χ1n) is 5.33. The van der Waals surface area contributed by atoms with Crippen LogP contribution in [-0.2, 0) is 0 Å². The zero-order valence-electron chi connectivity index (χ0n) is 8.49. The lowest BCUT2D eigenvalue weighted by molar-refractivity contribution is 0.434. The Balaban J connectivity index is 1.91. The van der Waals surface area contributed by atoms with Gasteiger partial charge in [0.15, 0.2) is 0 Å². The molecule has 2 heterocycles. The van der Waals surface area contributed by atoms with Crippen LogP contribution in [0.3, 0.4) is 0 Å². The van der Waals surface area contributed by atoms with Gasteiger partial charge < -0.3 is 9.80 Å². The summed E-state index contributed by atoms with van der Waals surface area (Å²) in [6.45, 7) is 3.23. The molecule has 3 heteroatoms. The van der Waals surface area contributed by atoms with Crippen molar-refractivity contribution in [2.24, 2.45) is 0 Å². The van der Waals surface area contributed by atoms with Gasteiger partial charge in [0.25, 0.3) is 0 Å². The lowest BCUT2D eigenvalue weighted by atomic mass is 10.3. The standard InChI is InChI=1S/C12H13FN2/c13-10-3-5-11(6-4-10)15-9-8-14-7-1-2-12(14)15/h2-6H,1,7-9H2. The molecule has 0 bridgehead atoms. The third-order valence-corrected chi connectivity index (χ3v) is 3.06. The van der Waals surface area contributed by atoms with Gasteiger partial charge in [-0.25, -0.2) is 4.39 Å². The smallest absolute Gasteiger partial charge is 0.123 e. The molecular formula is C12H13FN2. The summed E-state index contributed by atoms with van der Waals surface area (Å²) in [7, 11) is 0. The minimum atomic E-state index is -0.171. The fourth-order valence-electron chi connectivity index (χ4n) is 2.32. The molecule has 2 nitrogen and oxygen atoms in total. The van der Waals surface area contributed by atoms with Gasteiger partial charge in [-0.15, -0.1) is 0 Å². The monoisotopic (exact) mass is 204 g/mol. The van der Waals surface area contributed by atoms with Crippen LogP contribution in [0.5, 0.6) is 0 Å². The van der Waals surface area contributed by atoms with Crippen LogP contribution < -0.4 is 4.90 Å². The molecule has 0 aromatic heterocycles. The van der Waals surface area contributed by atoms with Crippen LogP contribution in [-0.4, -0.2) is 24.5 Å². The van der Waals surface area contributed by atoms with Crippen LogP contribution in [0, 0.1) is 5.82 Å². The molecule has 0 aliphatic carbocycles. The van der Waals surface area contributed by atoms with Gasteiger partial charge in [-0.05, 0) is 36.8 Å². The Kier molecular flexibility index (Phi) is 1.91. The molecule has 2 aliphatic rings. The third kappa shape index (κ3) is 1.39. The summed E-state index contributed by atoms with van der Waals surface area (Å²) >= 11 is 0. The molecule has 0 amide bonds. The Hall–Kier alpha value is -1.51. The van der Waals surface area contributed by atoms with Gasteiger partial charge in [0.1, 0.15) is 11.6 Å². The predicted octanol–water partition coefficient (Wildman–Crippen LogP) is 2.19. The quantitative estimate of drug-likeness (QED) is 0.692. The second kappa shape index (κ2) is 3.26. The van der Waals surface area contributed by atoms with Crippen LogP contribution >= 0.6 is 0 Å². The molecule has 0 N–H and O–H groups in total. The summed E-state index contributed by atoms with van der Waals surface area (Å²) in [5, 5.41) is 0. The van der Waals surface area contributed by atoms with Crippen LogP contribution in [0.25, 0.3) is 0 Å². The first-order chi connectivity index (χ1) is 7.34. The Bertz CT molecular complexity index is 397. The highest BCUT2D eigenvalue weighted by molar-refractivity contribution is 5.53.